The van der Waals surface area contributed by atoms with Crippen LogP contribution in [0.25, 0.3) is 0 Å². The molecule has 1 N–H and O–H groups in total. The third kappa shape index (κ3) is 4.89. The van der Waals surface area contributed by atoms with E-state index in [0.717, 1.165) is 18.1 Å². The highest BCUT2D eigenvalue weighted by Gasteiger charge is 2.22. The Morgan fingerprint density at radius 3 is 2.67 bits per heavy atom. The van der Waals surface area contributed by atoms with Crippen LogP contribution in [0.1, 0.15) is 58.4 Å². The van der Waals surface area contributed by atoms with Gasteiger partial charge in [-0.05, 0) is 45.2 Å². The summed E-state index contributed by atoms with van der Waals surface area (Å²) in [4.78, 5) is 2.51. The molecule has 3 heteroatoms. The van der Waals surface area contributed by atoms with E-state index in [0.29, 0.717) is 12.1 Å². The summed E-state index contributed by atoms with van der Waals surface area (Å²) in [6.45, 7) is 8.79. The van der Waals surface area contributed by atoms with Gasteiger partial charge in [0.05, 0.1) is 0 Å². The molecule has 2 nitrogen and oxygen atoms in total. The quantitative estimate of drug-likeness (QED) is 0.646. The third-order valence-corrected chi connectivity index (χ3v) is 4.53. The lowest BCUT2D eigenvalue weighted by Gasteiger charge is -2.31. The van der Waals surface area contributed by atoms with Crippen LogP contribution in [-0.2, 0) is 6.54 Å². The van der Waals surface area contributed by atoms with Gasteiger partial charge in [0, 0.05) is 41.4 Å². The molecular formula is C18H29ClN2. The summed E-state index contributed by atoms with van der Waals surface area (Å²) in [6.07, 6.45) is 6.42. The summed E-state index contributed by atoms with van der Waals surface area (Å²) in [6, 6.07) is 7.52. The zero-order valence-electron chi connectivity index (χ0n) is 13.7. The Kier molecular flexibility index (Phi) is 6.38. The van der Waals surface area contributed by atoms with E-state index < -0.39 is 0 Å². The molecule has 0 atom stereocenters. The molecule has 0 bridgehead atoms. The van der Waals surface area contributed by atoms with Crippen LogP contribution in [-0.4, -0.2) is 18.6 Å². The van der Waals surface area contributed by atoms with Crippen molar-refractivity contribution in [3.8, 4) is 0 Å². The lowest BCUT2D eigenvalue weighted by Crippen LogP contribution is -2.33. The topological polar surface area (TPSA) is 15.3 Å². The second-order valence-electron chi connectivity index (χ2n) is 6.39. The Morgan fingerprint density at radius 1 is 1.29 bits per heavy atom. The fourth-order valence-corrected chi connectivity index (χ4v) is 2.95. The summed E-state index contributed by atoms with van der Waals surface area (Å²) in [5, 5.41) is 4.49. The maximum atomic E-state index is 6.48. The van der Waals surface area contributed by atoms with Gasteiger partial charge in [0.2, 0.25) is 0 Å². The van der Waals surface area contributed by atoms with Crippen molar-refractivity contribution in [2.24, 2.45) is 0 Å². The van der Waals surface area contributed by atoms with E-state index in [1.165, 1.54) is 43.4 Å². The van der Waals surface area contributed by atoms with Gasteiger partial charge in [-0.2, -0.15) is 0 Å². The predicted molar refractivity (Wildman–Crippen MR) is 93.3 cm³/mol. The van der Waals surface area contributed by atoms with E-state index in [4.69, 9.17) is 11.6 Å². The minimum absolute atomic E-state index is 0.500. The Balaban J connectivity index is 2.14. The second kappa shape index (κ2) is 8.05. The molecule has 1 saturated carbocycles. The number of nitrogens with one attached hydrogen (secondary N) is 1. The van der Waals surface area contributed by atoms with Gasteiger partial charge >= 0.3 is 0 Å². The number of hydrogen-bond donors (Lipinski definition) is 1. The molecule has 0 radical (unpaired) electrons. The molecule has 1 aliphatic rings. The average molecular weight is 309 g/mol. The van der Waals surface area contributed by atoms with E-state index in [1.807, 2.05) is 6.07 Å². The zero-order valence-corrected chi connectivity index (χ0v) is 14.4. The van der Waals surface area contributed by atoms with Crippen molar-refractivity contribution in [1.29, 1.82) is 0 Å². The molecule has 1 fully saturated rings. The Morgan fingerprint density at radius 2 is 2.05 bits per heavy atom. The number of rotatable bonds is 9. The predicted octanol–water partition coefficient (Wildman–Crippen LogP) is 5.00. The third-order valence-electron chi connectivity index (χ3n) is 4.17. The molecule has 2 rings (SSSR count). The average Bonchev–Trinajstić information content (AvgIpc) is 3.26. The van der Waals surface area contributed by atoms with Crippen molar-refractivity contribution in [3.63, 3.8) is 0 Å². The van der Waals surface area contributed by atoms with Gasteiger partial charge in [-0.15, -0.1) is 0 Å². The van der Waals surface area contributed by atoms with E-state index in [9.17, 15) is 0 Å². The summed E-state index contributed by atoms with van der Waals surface area (Å²) in [5.74, 6) is 0. The molecule has 0 heterocycles. The van der Waals surface area contributed by atoms with E-state index in [2.05, 4.69) is 43.1 Å². The van der Waals surface area contributed by atoms with Crippen LogP contribution < -0.4 is 10.2 Å². The fourth-order valence-electron chi connectivity index (χ4n) is 2.71. The smallest absolute Gasteiger partial charge is 0.0471 e. The SMILES string of the molecule is CCCCCN(c1cccc(Cl)c1CNC1CC1)C(C)C. The Hall–Kier alpha value is -0.730. The van der Waals surface area contributed by atoms with E-state index in [1.54, 1.807) is 0 Å². The Labute approximate surface area is 134 Å². The molecular weight excluding hydrogens is 280 g/mol. The van der Waals surface area contributed by atoms with Crippen molar-refractivity contribution in [2.45, 2.75) is 71.5 Å². The largest absolute Gasteiger partial charge is 0.369 e. The second-order valence-corrected chi connectivity index (χ2v) is 6.79. The van der Waals surface area contributed by atoms with Crippen LogP contribution in [0.4, 0.5) is 5.69 Å². The van der Waals surface area contributed by atoms with Gasteiger partial charge in [-0.1, -0.05) is 37.4 Å². The minimum Gasteiger partial charge on any atom is -0.369 e. The highest BCUT2D eigenvalue weighted by Crippen LogP contribution is 2.30. The molecule has 1 aromatic carbocycles. The first-order valence-corrected chi connectivity index (χ1v) is 8.78. The van der Waals surface area contributed by atoms with Gasteiger partial charge < -0.3 is 10.2 Å². The molecule has 118 valence electrons. The molecule has 0 spiro atoms. The van der Waals surface area contributed by atoms with Crippen LogP contribution in [0.5, 0.6) is 0 Å². The standard InChI is InChI=1S/C18H29ClN2/c1-4-5-6-12-21(14(2)3)18-9-7-8-17(19)16(18)13-20-15-10-11-15/h7-9,14-15,20H,4-6,10-13H2,1-3H3. The normalized spacial score (nSPS) is 14.7. The molecule has 0 aromatic heterocycles. The minimum atomic E-state index is 0.500. The van der Waals surface area contributed by atoms with Gasteiger partial charge in [0.15, 0.2) is 0 Å². The summed E-state index contributed by atoms with van der Waals surface area (Å²) in [5.41, 5.74) is 2.57. The summed E-state index contributed by atoms with van der Waals surface area (Å²) < 4.78 is 0. The van der Waals surface area contributed by atoms with Gasteiger partial charge in [-0.25, -0.2) is 0 Å². The lowest BCUT2D eigenvalue weighted by molar-refractivity contribution is 0.618. The van der Waals surface area contributed by atoms with Crippen LogP contribution in [0.2, 0.25) is 5.02 Å². The van der Waals surface area contributed by atoms with Crippen LogP contribution in [0.15, 0.2) is 18.2 Å². The lowest BCUT2D eigenvalue weighted by atomic mass is 10.1. The molecule has 0 aliphatic heterocycles. The number of anilines is 1. The van der Waals surface area contributed by atoms with Crippen molar-refractivity contribution in [2.75, 3.05) is 11.4 Å². The fraction of sp³-hybridized carbons (Fsp3) is 0.667. The van der Waals surface area contributed by atoms with Gasteiger partial charge in [0.1, 0.15) is 0 Å². The molecule has 21 heavy (non-hydrogen) atoms. The number of hydrogen-bond acceptors (Lipinski definition) is 2. The van der Waals surface area contributed by atoms with Gasteiger partial charge in [0.25, 0.3) is 0 Å². The number of halogens is 1. The number of nitrogens with zero attached hydrogens (tertiary/aromatic N) is 1. The zero-order chi connectivity index (χ0) is 15.2. The van der Waals surface area contributed by atoms with E-state index >= 15 is 0 Å². The molecule has 0 unspecified atom stereocenters. The summed E-state index contributed by atoms with van der Waals surface area (Å²) >= 11 is 6.48. The van der Waals surface area contributed by atoms with Crippen LogP contribution in [0.3, 0.4) is 0 Å². The number of benzene rings is 1. The highest BCUT2D eigenvalue weighted by atomic mass is 35.5. The van der Waals surface area contributed by atoms with Crippen molar-refractivity contribution >= 4 is 17.3 Å². The first-order chi connectivity index (χ1) is 10.1. The van der Waals surface area contributed by atoms with Crippen molar-refractivity contribution in [1.82, 2.24) is 5.32 Å². The summed E-state index contributed by atoms with van der Waals surface area (Å²) in [7, 11) is 0. The Bertz CT molecular complexity index is 441. The van der Waals surface area contributed by atoms with E-state index in [-0.39, 0.29) is 0 Å². The first kappa shape index (κ1) is 16.6. The monoisotopic (exact) mass is 308 g/mol. The first-order valence-electron chi connectivity index (χ1n) is 8.41. The van der Waals surface area contributed by atoms with Crippen LogP contribution >= 0.6 is 11.6 Å². The maximum absolute atomic E-state index is 6.48. The number of unbranched alkanes of at least 4 members (excludes halogenated alkanes) is 2. The molecule has 0 saturated heterocycles. The molecule has 0 amide bonds. The highest BCUT2D eigenvalue weighted by molar-refractivity contribution is 6.31. The van der Waals surface area contributed by atoms with Gasteiger partial charge in [-0.3, -0.25) is 0 Å². The van der Waals surface area contributed by atoms with Crippen molar-refractivity contribution in [3.05, 3.63) is 28.8 Å². The van der Waals surface area contributed by atoms with Crippen molar-refractivity contribution < 1.29 is 0 Å². The maximum Gasteiger partial charge on any atom is 0.0471 e. The van der Waals surface area contributed by atoms with Crippen LogP contribution in [0, 0.1) is 0 Å². The molecule has 1 aromatic rings. The molecule has 1 aliphatic carbocycles.